The number of aryl methyl sites for hydroxylation is 4. The molecule has 0 radical (unpaired) electrons. The zero-order chi connectivity index (χ0) is 40.7. The summed E-state index contributed by atoms with van der Waals surface area (Å²) in [6, 6.07) is 22.2. The van der Waals surface area contributed by atoms with E-state index in [9.17, 15) is 19.2 Å². The third-order valence-electron chi connectivity index (χ3n) is 9.85. The van der Waals surface area contributed by atoms with E-state index in [1.54, 1.807) is 24.3 Å². The van der Waals surface area contributed by atoms with Crippen molar-refractivity contribution in [1.82, 2.24) is 4.98 Å². The van der Waals surface area contributed by atoms with Gasteiger partial charge >= 0.3 is 11.9 Å². The highest BCUT2D eigenvalue weighted by atomic mass is 16.5. The maximum Gasteiger partial charge on any atom is 0.308 e. The highest BCUT2D eigenvalue weighted by Gasteiger charge is 2.32. The Morgan fingerprint density at radius 2 is 1.27 bits per heavy atom. The van der Waals surface area contributed by atoms with E-state index in [4.69, 9.17) is 18.9 Å². The van der Waals surface area contributed by atoms with E-state index in [2.05, 4.69) is 10.3 Å². The molecule has 0 atom stereocenters. The first-order valence-corrected chi connectivity index (χ1v) is 18.6. The van der Waals surface area contributed by atoms with E-state index in [1.807, 2.05) is 104 Å². The zero-order valence-electron chi connectivity index (χ0n) is 33.6. The lowest BCUT2D eigenvalue weighted by Gasteiger charge is -2.29. The molecule has 0 saturated heterocycles. The van der Waals surface area contributed by atoms with Gasteiger partial charge in [-0.3, -0.25) is 19.2 Å². The van der Waals surface area contributed by atoms with Crippen molar-refractivity contribution < 1.29 is 33.1 Å². The SMILES string of the molecule is CC(=O)Oc1cc(C)cc(C)c1C(C)(C)CC(=O)N=c1ccc2nc3c(cc(NC(=O)CC(C)(C)c4c(C)cc(C)cc4OC(C)=O)c4ccccc43)oc-2c1. The van der Waals surface area contributed by atoms with Gasteiger partial charge in [-0.05, 0) is 74.2 Å². The predicted molar refractivity (Wildman–Crippen MR) is 217 cm³/mol. The Balaban J connectivity index is 1.32. The third kappa shape index (κ3) is 8.39. The fourth-order valence-corrected chi connectivity index (χ4v) is 8.01. The molecule has 2 amide bonds. The summed E-state index contributed by atoms with van der Waals surface area (Å²) < 4.78 is 17.6. The average molecular weight is 754 g/mol. The summed E-state index contributed by atoms with van der Waals surface area (Å²) in [5, 5.41) is 5.10. The molecule has 0 aromatic heterocycles. The molecule has 4 aromatic rings. The maximum atomic E-state index is 13.8. The summed E-state index contributed by atoms with van der Waals surface area (Å²) in [6.45, 7) is 18.3. The van der Waals surface area contributed by atoms with E-state index in [0.717, 1.165) is 44.2 Å². The fourth-order valence-electron chi connectivity index (χ4n) is 8.01. The topological polar surface area (TPSA) is 137 Å². The van der Waals surface area contributed by atoms with Gasteiger partial charge in [0.15, 0.2) is 11.3 Å². The largest absolute Gasteiger partial charge is 0.453 e. The van der Waals surface area contributed by atoms with E-state index >= 15 is 0 Å². The number of nitrogens with zero attached hydrogens (tertiary/aromatic N) is 2. The van der Waals surface area contributed by atoms with E-state index < -0.39 is 22.8 Å². The standard InChI is InChI=1S/C46H47N3O7/c1-25-17-27(3)42(37(19-25)54-29(5)50)45(7,8)23-40(52)47-31-15-16-34-36(21-31)56-39-22-35(32-13-11-12-14-33(32)44(39)49-34)48-41(53)24-46(9,10)43-28(4)18-26(2)20-38(43)55-30(6)51/h11-22H,23-24H2,1-10H3,(H,48,53). The van der Waals surface area contributed by atoms with Crippen LogP contribution in [0.15, 0.2) is 82.2 Å². The molecule has 1 aliphatic carbocycles. The quantitative estimate of drug-likeness (QED) is 0.0668. The van der Waals surface area contributed by atoms with E-state index in [1.165, 1.54) is 13.8 Å². The Kier molecular flexibility index (Phi) is 10.7. The Morgan fingerprint density at radius 3 is 1.84 bits per heavy atom. The molecule has 0 fully saturated rings. The number of hydrogen-bond donors (Lipinski definition) is 1. The second kappa shape index (κ2) is 15.2. The second-order valence-corrected chi connectivity index (χ2v) is 16.0. The molecule has 1 aliphatic heterocycles. The van der Waals surface area contributed by atoms with Gasteiger partial charge in [0.25, 0.3) is 0 Å². The molecule has 0 spiro atoms. The number of nitrogens with one attached hydrogen (secondary N) is 1. The normalized spacial score (nSPS) is 12.3. The molecule has 288 valence electrons. The minimum absolute atomic E-state index is 0.0662. The lowest BCUT2D eigenvalue weighted by molar-refractivity contribution is -0.133. The minimum atomic E-state index is -0.692. The van der Waals surface area contributed by atoms with Gasteiger partial charge in [0.1, 0.15) is 22.7 Å². The zero-order valence-corrected chi connectivity index (χ0v) is 33.6. The smallest absolute Gasteiger partial charge is 0.308 e. The van der Waals surface area contributed by atoms with Gasteiger partial charge in [0.2, 0.25) is 11.8 Å². The first-order chi connectivity index (χ1) is 26.3. The molecule has 6 rings (SSSR count). The molecule has 1 N–H and O–H groups in total. The van der Waals surface area contributed by atoms with Crippen molar-refractivity contribution >= 4 is 51.3 Å². The molecule has 4 aromatic carbocycles. The Hall–Kier alpha value is -6.16. The maximum absolute atomic E-state index is 13.8. The number of esters is 2. The van der Waals surface area contributed by atoms with Gasteiger partial charge in [-0.25, -0.2) is 9.98 Å². The van der Waals surface area contributed by atoms with Gasteiger partial charge in [-0.2, -0.15) is 0 Å². The first-order valence-electron chi connectivity index (χ1n) is 18.6. The van der Waals surface area contributed by atoms with Crippen LogP contribution in [-0.4, -0.2) is 28.7 Å². The lowest BCUT2D eigenvalue weighted by Crippen LogP contribution is -2.28. The molecule has 0 bridgehead atoms. The summed E-state index contributed by atoms with van der Waals surface area (Å²) in [6.07, 6.45) is 0.172. The van der Waals surface area contributed by atoms with Crippen molar-refractivity contribution in [1.29, 1.82) is 0 Å². The molecule has 56 heavy (non-hydrogen) atoms. The van der Waals surface area contributed by atoms with Crippen LogP contribution in [-0.2, 0) is 30.0 Å². The van der Waals surface area contributed by atoms with Crippen LogP contribution >= 0.6 is 0 Å². The molecular weight excluding hydrogens is 707 g/mol. The molecule has 0 saturated carbocycles. The Bertz CT molecular complexity index is 2610. The van der Waals surface area contributed by atoms with Crippen LogP contribution in [0.4, 0.5) is 5.69 Å². The van der Waals surface area contributed by atoms with Gasteiger partial charge in [-0.1, -0.05) is 64.1 Å². The molecule has 1 heterocycles. The summed E-state index contributed by atoms with van der Waals surface area (Å²) in [7, 11) is 0. The summed E-state index contributed by atoms with van der Waals surface area (Å²) in [5.74, 6) is -0.130. The molecule has 0 unspecified atom stereocenters. The number of aromatic nitrogens is 1. The summed E-state index contributed by atoms with van der Waals surface area (Å²) in [5.41, 5.74) is 6.14. The molecular formula is C46H47N3O7. The molecule has 10 nitrogen and oxygen atoms in total. The van der Waals surface area contributed by atoms with Crippen molar-refractivity contribution in [3.63, 3.8) is 0 Å². The summed E-state index contributed by atoms with van der Waals surface area (Å²) >= 11 is 0. The van der Waals surface area contributed by atoms with Crippen LogP contribution in [0.5, 0.6) is 11.5 Å². The van der Waals surface area contributed by atoms with Crippen molar-refractivity contribution in [2.24, 2.45) is 4.99 Å². The number of amides is 2. The van der Waals surface area contributed by atoms with E-state index in [0.29, 0.717) is 45.1 Å². The number of benzene rings is 5. The number of hydrogen-bond acceptors (Lipinski definition) is 8. The highest BCUT2D eigenvalue weighted by Crippen LogP contribution is 2.40. The predicted octanol–water partition coefficient (Wildman–Crippen LogP) is 9.27. The second-order valence-electron chi connectivity index (χ2n) is 16.0. The van der Waals surface area contributed by atoms with Crippen LogP contribution in [0.2, 0.25) is 0 Å². The van der Waals surface area contributed by atoms with Gasteiger partial charge in [-0.15, -0.1) is 0 Å². The first kappa shape index (κ1) is 39.5. The molecule has 10 heteroatoms. The number of rotatable bonds is 9. The number of anilines is 1. The molecule has 2 aliphatic rings. The number of carbonyl (C=O) groups excluding carboxylic acids is 4. The van der Waals surface area contributed by atoms with Gasteiger partial charge < -0.3 is 19.2 Å². The monoisotopic (exact) mass is 753 g/mol. The Labute approximate surface area is 326 Å². The van der Waals surface area contributed by atoms with Crippen LogP contribution in [0, 0.1) is 27.7 Å². The highest BCUT2D eigenvalue weighted by molar-refractivity contribution is 6.13. The van der Waals surface area contributed by atoms with Crippen LogP contribution < -0.4 is 20.1 Å². The van der Waals surface area contributed by atoms with E-state index in [-0.39, 0.29) is 24.7 Å². The number of ether oxygens (including phenoxy) is 2. The number of fused-ring (bicyclic) bond motifs is 4. The number of carbonyl (C=O) groups is 4. The van der Waals surface area contributed by atoms with Crippen LogP contribution in [0.25, 0.3) is 33.3 Å². The summed E-state index contributed by atoms with van der Waals surface area (Å²) in [4.78, 5) is 60.5. The van der Waals surface area contributed by atoms with Crippen molar-refractivity contribution in [2.75, 3.05) is 5.32 Å². The van der Waals surface area contributed by atoms with Crippen molar-refractivity contribution in [2.45, 2.75) is 92.9 Å². The van der Waals surface area contributed by atoms with Crippen molar-refractivity contribution in [3.05, 3.63) is 112 Å². The van der Waals surface area contributed by atoms with Crippen molar-refractivity contribution in [3.8, 4) is 23.0 Å². The Morgan fingerprint density at radius 1 is 0.714 bits per heavy atom. The van der Waals surface area contributed by atoms with Crippen LogP contribution in [0.3, 0.4) is 0 Å². The van der Waals surface area contributed by atoms with Gasteiger partial charge in [0, 0.05) is 71.6 Å². The average Bonchev–Trinajstić information content (AvgIpc) is 3.05. The van der Waals surface area contributed by atoms with Crippen LogP contribution in [0.1, 0.15) is 87.8 Å². The third-order valence-corrected chi connectivity index (χ3v) is 9.85. The minimum Gasteiger partial charge on any atom is -0.453 e. The van der Waals surface area contributed by atoms with Gasteiger partial charge in [0.05, 0.1) is 11.0 Å². The lowest BCUT2D eigenvalue weighted by atomic mass is 9.78. The fraction of sp³-hybridized carbons (Fsp3) is 0.304.